The SMILES string of the molecule is Cn1cc([C@H]2OCCC[C@@H]2Nc2nccc(C(F)(F)F)n2)cn1. The van der Waals surface area contributed by atoms with Crippen LogP contribution in [0.3, 0.4) is 0 Å². The van der Waals surface area contributed by atoms with Gasteiger partial charge in [-0.15, -0.1) is 0 Å². The van der Waals surface area contributed by atoms with Crippen molar-refractivity contribution in [3.63, 3.8) is 0 Å². The Kier molecular flexibility index (Phi) is 4.20. The summed E-state index contributed by atoms with van der Waals surface area (Å²) in [5.74, 6) is -0.0517. The predicted molar refractivity (Wildman–Crippen MR) is 75.6 cm³/mol. The predicted octanol–water partition coefficient (Wildman–Crippen LogP) is 2.56. The van der Waals surface area contributed by atoms with Gasteiger partial charge < -0.3 is 10.1 Å². The molecule has 3 rings (SSSR count). The molecule has 124 valence electrons. The van der Waals surface area contributed by atoms with E-state index < -0.39 is 11.9 Å². The van der Waals surface area contributed by atoms with Crippen LogP contribution >= 0.6 is 0 Å². The number of anilines is 1. The average Bonchev–Trinajstić information content (AvgIpc) is 2.94. The monoisotopic (exact) mass is 327 g/mol. The molecular formula is C14H16F3N5O. The maximum absolute atomic E-state index is 12.7. The lowest BCUT2D eigenvalue weighted by Crippen LogP contribution is -2.34. The zero-order valence-corrected chi connectivity index (χ0v) is 12.4. The van der Waals surface area contributed by atoms with Gasteiger partial charge in [0.15, 0.2) is 0 Å². The molecule has 1 aliphatic heterocycles. The summed E-state index contributed by atoms with van der Waals surface area (Å²) in [4.78, 5) is 7.43. The van der Waals surface area contributed by atoms with Gasteiger partial charge in [-0.2, -0.15) is 18.3 Å². The van der Waals surface area contributed by atoms with Crippen LogP contribution in [0.1, 0.15) is 30.2 Å². The van der Waals surface area contributed by atoms with Gasteiger partial charge in [0.25, 0.3) is 0 Å². The van der Waals surface area contributed by atoms with Crippen LogP contribution in [0, 0.1) is 0 Å². The fourth-order valence-electron chi connectivity index (χ4n) is 2.60. The van der Waals surface area contributed by atoms with Crippen LogP contribution in [0.15, 0.2) is 24.7 Å². The molecule has 0 aliphatic carbocycles. The summed E-state index contributed by atoms with van der Waals surface area (Å²) in [6.07, 6.45) is 1.39. The number of aryl methyl sites for hydroxylation is 1. The molecule has 1 saturated heterocycles. The van der Waals surface area contributed by atoms with E-state index in [4.69, 9.17) is 4.74 Å². The van der Waals surface area contributed by atoms with E-state index in [0.717, 1.165) is 30.7 Å². The Balaban J connectivity index is 1.80. The van der Waals surface area contributed by atoms with E-state index >= 15 is 0 Å². The molecule has 1 N–H and O–H groups in total. The highest BCUT2D eigenvalue weighted by molar-refractivity contribution is 5.30. The van der Waals surface area contributed by atoms with Gasteiger partial charge in [0.2, 0.25) is 5.95 Å². The highest BCUT2D eigenvalue weighted by atomic mass is 19.4. The van der Waals surface area contributed by atoms with Gasteiger partial charge >= 0.3 is 6.18 Å². The number of ether oxygens (including phenoxy) is 1. The molecule has 0 amide bonds. The second kappa shape index (κ2) is 6.15. The van der Waals surface area contributed by atoms with E-state index in [-0.39, 0.29) is 18.1 Å². The number of nitrogens with one attached hydrogen (secondary N) is 1. The molecule has 1 aliphatic rings. The zero-order valence-electron chi connectivity index (χ0n) is 12.4. The van der Waals surface area contributed by atoms with Crippen molar-refractivity contribution in [1.82, 2.24) is 19.7 Å². The molecule has 6 nitrogen and oxygen atoms in total. The Labute approximate surface area is 130 Å². The minimum absolute atomic E-state index is 0.0517. The zero-order chi connectivity index (χ0) is 16.4. The summed E-state index contributed by atoms with van der Waals surface area (Å²) in [6, 6.07) is 0.637. The van der Waals surface area contributed by atoms with Crippen LogP contribution < -0.4 is 5.32 Å². The molecule has 2 atom stereocenters. The van der Waals surface area contributed by atoms with E-state index in [1.807, 2.05) is 6.20 Å². The first-order valence-electron chi connectivity index (χ1n) is 7.20. The third-order valence-electron chi connectivity index (χ3n) is 3.64. The number of rotatable bonds is 3. The van der Waals surface area contributed by atoms with E-state index in [1.165, 1.54) is 0 Å². The standard InChI is InChI=1S/C14H16F3N5O/c1-22-8-9(7-19-22)12-10(3-2-6-23-12)20-13-18-5-4-11(21-13)14(15,16)17/h4-5,7-8,10,12H,2-3,6H2,1H3,(H,18,20,21)/t10-,12+/m0/s1. The first kappa shape index (κ1) is 15.7. The Hall–Kier alpha value is -2.16. The van der Waals surface area contributed by atoms with Gasteiger partial charge in [0.1, 0.15) is 11.8 Å². The number of hydrogen-bond acceptors (Lipinski definition) is 5. The number of hydrogen-bond donors (Lipinski definition) is 1. The second-order valence-corrected chi connectivity index (χ2v) is 5.40. The number of alkyl halides is 3. The van der Waals surface area contributed by atoms with Crippen LogP contribution in [0.5, 0.6) is 0 Å². The van der Waals surface area contributed by atoms with Gasteiger partial charge in [-0.05, 0) is 18.9 Å². The third-order valence-corrected chi connectivity index (χ3v) is 3.64. The van der Waals surface area contributed by atoms with Crippen LogP contribution in [0.4, 0.5) is 19.1 Å². The van der Waals surface area contributed by atoms with Gasteiger partial charge in [-0.3, -0.25) is 4.68 Å². The normalized spacial score (nSPS) is 22.1. The molecule has 0 spiro atoms. The summed E-state index contributed by atoms with van der Waals surface area (Å²) in [5.41, 5.74) is -0.0960. The topological polar surface area (TPSA) is 64.9 Å². The molecule has 0 radical (unpaired) electrons. The molecule has 9 heteroatoms. The largest absolute Gasteiger partial charge is 0.433 e. The van der Waals surface area contributed by atoms with Gasteiger partial charge in [-0.25, -0.2) is 9.97 Å². The molecule has 2 aromatic rings. The first-order chi connectivity index (χ1) is 10.9. The Morgan fingerprint density at radius 2 is 2.22 bits per heavy atom. The van der Waals surface area contributed by atoms with Crippen LogP contribution in [-0.2, 0) is 18.0 Å². The molecule has 0 aromatic carbocycles. The lowest BCUT2D eigenvalue weighted by molar-refractivity contribution is -0.141. The van der Waals surface area contributed by atoms with Gasteiger partial charge in [-0.1, -0.05) is 0 Å². The number of halogens is 3. The van der Waals surface area contributed by atoms with E-state index in [2.05, 4.69) is 20.4 Å². The maximum atomic E-state index is 12.7. The Morgan fingerprint density at radius 1 is 1.39 bits per heavy atom. The van der Waals surface area contributed by atoms with Crippen LogP contribution in [-0.4, -0.2) is 32.4 Å². The van der Waals surface area contributed by atoms with Crippen molar-refractivity contribution in [3.05, 3.63) is 35.9 Å². The number of nitrogens with zero attached hydrogens (tertiary/aromatic N) is 4. The molecule has 0 unspecified atom stereocenters. The van der Waals surface area contributed by atoms with E-state index in [9.17, 15) is 13.2 Å². The van der Waals surface area contributed by atoms with E-state index in [0.29, 0.717) is 6.61 Å². The lowest BCUT2D eigenvalue weighted by Gasteiger charge is -2.31. The smallest absolute Gasteiger partial charge is 0.371 e. The van der Waals surface area contributed by atoms with Gasteiger partial charge in [0.05, 0.1) is 12.2 Å². The third kappa shape index (κ3) is 3.61. The van der Waals surface area contributed by atoms with Crippen molar-refractivity contribution in [2.75, 3.05) is 11.9 Å². The molecule has 3 heterocycles. The summed E-state index contributed by atoms with van der Waals surface area (Å²) in [6.45, 7) is 0.598. The quantitative estimate of drug-likeness (QED) is 0.938. The highest BCUT2D eigenvalue weighted by Gasteiger charge is 2.34. The molecule has 0 saturated carbocycles. The van der Waals surface area contributed by atoms with Crippen LogP contribution in [0.2, 0.25) is 0 Å². The summed E-state index contributed by atoms with van der Waals surface area (Å²) >= 11 is 0. The van der Waals surface area contributed by atoms with Crippen molar-refractivity contribution in [1.29, 1.82) is 0 Å². The molecule has 0 bridgehead atoms. The van der Waals surface area contributed by atoms with Crippen molar-refractivity contribution in [2.45, 2.75) is 31.2 Å². The van der Waals surface area contributed by atoms with Gasteiger partial charge in [0, 0.05) is 31.6 Å². The van der Waals surface area contributed by atoms with Crippen molar-refractivity contribution >= 4 is 5.95 Å². The van der Waals surface area contributed by atoms with Crippen molar-refractivity contribution in [2.24, 2.45) is 7.05 Å². The number of aromatic nitrogens is 4. The van der Waals surface area contributed by atoms with Crippen molar-refractivity contribution in [3.8, 4) is 0 Å². The first-order valence-corrected chi connectivity index (χ1v) is 7.20. The van der Waals surface area contributed by atoms with E-state index in [1.54, 1.807) is 17.9 Å². The fraction of sp³-hybridized carbons (Fsp3) is 0.500. The molecule has 2 aromatic heterocycles. The summed E-state index contributed by atoms with van der Waals surface area (Å²) < 4.78 is 45.6. The Morgan fingerprint density at radius 3 is 2.91 bits per heavy atom. The second-order valence-electron chi connectivity index (χ2n) is 5.40. The summed E-state index contributed by atoms with van der Waals surface area (Å²) in [7, 11) is 1.80. The van der Waals surface area contributed by atoms with Crippen LogP contribution in [0.25, 0.3) is 0 Å². The maximum Gasteiger partial charge on any atom is 0.433 e. The fourth-order valence-corrected chi connectivity index (χ4v) is 2.60. The highest BCUT2D eigenvalue weighted by Crippen LogP contribution is 2.31. The average molecular weight is 327 g/mol. The Bertz CT molecular complexity index is 672. The lowest BCUT2D eigenvalue weighted by atomic mass is 9.98. The summed E-state index contributed by atoms with van der Waals surface area (Å²) in [5, 5.41) is 7.08. The molecule has 1 fully saturated rings. The molecule has 23 heavy (non-hydrogen) atoms. The minimum atomic E-state index is -4.49. The van der Waals surface area contributed by atoms with Crippen molar-refractivity contribution < 1.29 is 17.9 Å². The minimum Gasteiger partial charge on any atom is -0.371 e. The molecular weight excluding hydrogens is 311 g/mol.